The van der Waals surface area contributed by atoms with Crippen LogP contribution < -0.4 is 14.4 Å². The van der Waals surface area contributed by atoms with E-state index < -0.39 is 29.3 Å². The molecule has 228 valence electrons. The lowest BCUT2D eigenvalue weighted by Gasteiger charge is -2.23. The third kappa shape index (κ3) is 6.61. The maximum atomic E-state index is 14.2. The number of benzene rings is 3. The highest BCUT2D eigenvalue weighted by molar-refractivity contribution is 8.00. The summed E-state index contributed by atoms with van der Waals surface area (Å²) in [5.41, 5.74) is 0.908. The van der Waals surface area contributed by atoms with Crippen LogP contribution in [0.5, 0.6) is 11.5 Å². The van der Waals surface area contributed by atoms with Crippen LogP contribution in [0.1, 0.15) is 49.4 Å². The highest BCUT2D eigenvalue weighted by Gasteiger charge is 2.48. The van der Waals surface area contributed by atoms with Crippen molar-refractivity contribution in [3.05, 3.63) is 101 Å². The third-order valence-electron chi connectivity index (χ3n) is 6.81. The number of aliphatic hydroxyl groups excluding tert-OH is 1. The molecule has 12 heteroatoms. The summed E-state index contributed by atoms with van der Waals surface area (Å²) < 4.78 is 40.0. The lowest BCUT2D eigenvalue weighted by molar-refractivity contribution is -0.132. The van der Waals surface area contributed by atoms with Crippen molar-refractivity contribution in [2.75, 3.05) is 18.1 Å². The Kier molecular flexibility index (Phi) is 9.91. The SMILES string of the molecule is CCCCOc1ccc(C2/C(=C(\O)c3ccc(F)cc3)C(=O)C(=O)N2c2nnc(SCc3ccccc3F)s2)cc1OCC. The summed E-state index contributed by atoms with van der Waals surface area (Å²) in [4.78, 5) is 28.3. The first kappa shape index (κ1) is 31.1. The molecule has 0 aliphatic carbocycles. The molecule has 1 unspecified atom stereocenters. The number of aliphatic hydroxyl groups is 1. The van der Waals surface area contributed by atoms with Crippen molar-refractivity contribution < 1.29 is 33.0 Å². The molecule has 1 aromatic heterocycles. The van der Waals surface area contributed by atoms with Crippen molar-refractivity contribution >= 4 is 45.7 Å². The lowest BCUT2D eigenvalue weighted by atomic mass is 9.95. The summed E-state index contributed by atoms with van der Waals surface area (Å²) in [5, 5.41) is 19.8. The molecule has 5 rings (SSSR count). The Morgan fingerprint density at radius 3 is 2.50 bits per heavy atom. The second kappa shape index (κ2) is 14.0. The molecule has 4 aromatic rings. The van der Waals surface area contributed by atoms with Crippen LogP contribution in [0.15, 0.2) is 76.6 Å². The van der Waals surface area contributed by atoms with Gasteiger partial charge in [0, 0.05) is 11.3 Å². The Balaban J connectivity index is 1.57. The lowest BCUT2D eigenvalue weighted by Crippen LogP contribution is -2.29. The maximum Gasteiger partial charge on any atom is 0.301 e. The number of unbranched alkanes of at least 4 members (excludes halogenated alkanes) is 1. The van der Waals surface area contributed by atoms with Gasteiger partial charge in [-0.15, -0.1) is 10.2 Å². The van der Waals surface area contributed by atoms with Crippen molar-refractivity contribution in [2.45, 2.75) is 42.8 Å². The molecular weight excluding hydrogens is 608 g/mol. The quantitative estimate of drug-likeness (QED) is 0.0431. The number of aromatic nitrogens is 2. The van der Waals surface area contributed by atoms with Crippen molar-refractivity contribution in [2.24, 2.45) is 0 Å². The molecule has 0 spiro atoms. The van der Waals surface area contributed by atoms with Gasteiger partial charge < -0.3 is 14.6 Å². The van der Waals surface area contributed by atoms with Gasteiger partial charge in [0.2, 0.25) is 5.13 Å². The van der Waals surface area contributed by atoms with Crippen molar-refractivity contribution in [3.8, 4) is 11.5 Å². The molecule has 1 amide bonds. The topological polar surface area (TPSA) is 102 Å². The average Bonchev–Trinajstić information content (AvgIpc) is 3.59. The zero-order valence-electron chi connectivity index (χ0n) is 24.0. The number of nitrogens with zero attached hydrogens (tertiary/aromatic N) is 3. The monoisotopic (exact) mass is 637 g/mol. The van der Waals surface area contributed by atoms with Crippen LogP contribution >= 0.6 is 23.1 Å². The normalized spacial score (nSPS) is 16.0. The van der Waals surface area contributed by atoms with Crippen LogP contribution in [-0.2, 0) is 15.3 Å². The van der Waals surface area contributed by atoms with Gasteiger partial charge in [-0.25, -0.2) is 8.78 Å². The van der Waals surface area contributed by atoms with Gasteiger partial charge in [-0.1, -0.05) is 60.7 Å². The first-order valence-corrected chi connectivity index (χ1v) is 15.8. The van der Waals surface area contributed by atoms with Crippen LogP contribution in [0.25, 0.3) is 5.76 Å². The predicted octanol–water partition coefficient (Wildman–Crippen LogP) is 7.31. The third-order valence-corrected chi connectivity index (χ3v) is 8.92. The summed E-state index contributed by atoms with van der Waals surface area (Å²) in [6.07, 6.45) is 1.79. The number of anilines is 1. The van der Waals surface area contributed by atoms with E-state index in [1.165, 1.54) is 34.9 Å². The van der Waals surface area contributed by atoms with Crippen LogP contribution in [-0.4, -0.2) is 40.2 Å². The average molecular weight is 638 g/mol. The molecule has 1 N–H and O–H groups in total. The Morgan fingerprint density at radius 2 is 1.77 bits per heavy atom. The molecule has 2 heterocycles. The number of hydrogen-bond donors (Lipinski definition) is 1. The Hall–Kier alpha value is -4.29. The van der Waals surface area contributed by atoms with Gasteiger partial charge in [-0.05, 0) is 66.9 Å². The number of hydrogen-bond acceptors (Lipinski definition) is 9. The van der Waals surface area contributed by atoms with E-state index in [1.54, 1.807) is 36.4 Å². The van der Waals surface area contributed by atoms with E-state index in [0.717, 1.165) is 36.3 Å². The fraction of sp³-hybridized carbons (Fsp3) is 0.250. The number of ether oxygens (including phenoxy) is 2. The Morgan fingerprint density at radius 1 is 1.00 bits per heavy atom. The van der Waals surface area contributed by atoms with E-state index >= 15 is 0 Å². The van der Waals surface area contributed by atoms with Gasteiger partial charge in [0.15, 0.2) is 15.8 Å². The number of Topliss-reactive ketones (excluding diaryl/α,β-unsaturated/α-hetero) is 1. The predicted molar refractivity (Wildman–Crippen MR) is 165 cm³/mol. The van der Waals surface area contributed by atoms with Gasteiger partial charge in [-0.2, -0.15) is 0 Å². The van der Waals surface area contributed by atoms with Crippen LogP contribution in [0.3, 0.4) is 0 Å². The number of ketones is 1. The maximum absolute atomic E-state index is 14.2. The van der Waals surface area contributed by atoms with Crippen LogP contribution in [0, 0.1) is 11.6 Å². The van der Waals surface area contributed by atoms with E-state index in [9.17, 15) is 23.5 Å². The highest BCUT2D eigenvalue weighted by Crippen LogP contribution is 2.45. The highest BCUT2D eigenvalue weighted by atomic mass is 32.2. The van der Waals surface area contributed by atoms with Crippen molar-refractivity contribution in [3.63, 3.8) is 0 Å². The van der Waals surface area contributed by atoms with E-state index in [-0.39, 0.29) is 27.8 Å². The largest absolute Gasteiger partial charge is 0.507 e. The molecule has 0 saturated carbocycles. The van der Waals surface area contributed by atoms with E-state index in [0.29, 0.717) is 40.2 Å². The Bertz CT molecular complexity index is 1690. The fourth-order valence-electron chi connectivity index (χ4n) is 4.63. The zero-order chi connectivity index (χ0) is 31.2. The zero-order valence-corrected chi connectivity index (χ0v) is 25.6. The van der Waals surface area contributed by atoms with Crippen LogP contribution in [0.2, 0.25) is 0 Å². The molecule has 1 saturated heterocycles. The molecule has 0 bridgehead atoms. The molecule has 1 aliphatic heterocycles. The summed E-state index contributed by atoms with van der Waals surface area (Å²) in [6.45, 7) is 4.70. The van der Waals surface area contributed by atoms with E-state index in [2.05, 4.69) is 17.1 Å². The summed E-state index contributed by atoms with van der Waals surface area (Å²) >= 11 is 2.30. The van der Waals surface area contributed by atoms with Crippen molar-refractivity contribution in [1.82, 2.24) is 10.2 Å². The molecule has 1 fully saturated rings. The minimum Gasteiger partial charge on any atom is -0.507 e. The second-order valence-electron chi connectivity index (χ2n) is 9.75. The van der Waals surface area contributed by atoms with Gasteiger partial charge in [-0.3, -0.25) is 14.5 Å². The molecular formula is C32H29F2N3O5S2. The summed E-state index contributed by atoms with van der Waals surface area (Å²) in [5.74, 6) is -1.98. The van der Waals surface area contributed by atoms with Gasteiger partial charge in [0.05, 0.1) is 24.8 Å². The standard InChI is InChI=1S/C32H29F2N3O5S2/c1-3-5-16-42-24-15-12-20(17-25(24)41-4-2)27-26(28(38)19-10-13-22(33)14-11-19)29(39)30(40)37(27)31-35-36-32(44-31)43-18-21-8-6-7-9-23(21)34/h6-15,17,27,38H,3-5,16,18H2,1-2H3/b28-26+. The fourth-order valence-corrected chi connectivity index (χ4v) is 6.48. The molecule has 0 radical (unpaired) electrons. The molecule has 8 nitrogen and oxygen atoms in total. The van der Waals surface area contributed by atoms with Gasteiger partial charge in [0.1, 0.15) is 17.4 Å². The second-order valence-corrected chi connectivity index (χ2v) is 11.9. The Labute approximate surface area is 261 Å². The first-order chi connectivity index (χ1) is 21.3. The molecule has 44 heavy (non-hydrogen) atoms. The van der Waals surface area contributed by atoms with Crippen molar-refractivity contribution in [1.29, 1.82) is 0 Å². The van der Waals surface area contributed by atoms with Crippen LogP contribution in [0.4, 0.5) is 13.9 Å². The molecule has 1 atom stereocenters. The number of amides is 1. The van der Waals surface area contributed by atoms with Gasteiger partial charge >= 0.3 is 5.91 Å². The summed E-state index contributed by atoms with van der Waals surface area (Å²) in [6, 6.07) is 15.3. The van der Waals surface area contributed by atoms with Gasteiger partial charge in [0.25, 0.3) is 5.78 Å². The minimum atomic E-state index is -1.11. The number of thioether (sulfide) groups is 1. The summed E-state index contributed by atoms with van der Waals surface area (Å²) in [7, 11) is 0. The number of halogens is 2. The molecule has 3 aromatic carbocycles. The number of rotatable bonds is 12. The minimum absolute atomic E-state index is 0.118. The number of carbonyl (C=O) groups is 2. The molecule has 1 aliphatic rings. The van der Waals surface area contributed by atoms with E-state index in [1.807, 2.05) is 6.92 Å². The van der Waals surface area contributed by atoms with E-state index in [4.69, 9.17) is 9.47 Å². The number of carbonyl (C=O) groups excluding carboxylic acids is 2. The smallest absolute Gasteiger partial charge is 0.301 e. The first-order valence-electron chi connectivity index (χ1n) is 14.0.